The first kappa shape index (κ1) is 11.3. The summed E-state index contributed by atoms with van der Waals surface area (Å²) in [5, 5.41) is 0. The minimum Gasteiger partial charge on any atom is -0.295 e. The second-order valence-electron chi connectivity index (χ2n) is 5.19. The van der Waals surface area contributed by atoms with E-state index in [0.717, 1.165) is 18.4 Å². The van der Waals surface area contributed by atoms with Gasteiger partial charge in [0.15, 0.2) is 5.78 Å². The second-order valence-corrected chi connectivity index (χ2v) is 5.19. The van der Waals surface area contributed by atoms with E-state index in [4.69, 9.17) is 0 Å². The van der Waals surface area contributed by atoms with Gasteiger partial charge < -0.3 is 0 Å². The minimum atomic E-state index is -1.22. The molecule has 0 radical (unpaired) electrons. The number of benzene rings is 1. The molecule has 1 aromatic carbocycles. The smallest absolute Gasteiger partial charge is 0.159 e. The molecule has 0 bridgehead atoms. The van der Waals surface area contributed by atoms with Gasteiger partial charge in [0.25, 0.3) is 0 Å². The highest BCUT2D eigenvalue weighted by Gasteiger charge is 2.56. The first-order valence-corrected chi connectivity index (χ1v) is 5.67. The molecule has 2 heteroatoms. The summed E-state index contributed by atoms with van der Waals surface area (Å²) in [6.07, 6.45) is 1.75. The minimum absolute atomic E-state index is 0.0364. The van der Waals surface area contributed by atoms with Crippen LogP contribution >= 0.6 is 0 Å². The van der Waals surface area contributed by atoms with Crippen LogP contribution in [0.3, 0.4) is 0 Å². The highest BCUT2D eigenvalue weighted by atomic mass is 19.1. The quantitative estimate of drug-likeness (QED) is 0.710. The summed E-state index contributed by atoms with van der Waals surface area (Å²) in [5.41, 5.74) is 0.0571. The van der Waals surface area contributed by atoms with E-state index in [2.05, 4.69) is 0 Å². The summed E-state index contributed by atoms with van der Waals surface area (Å²) in [7, 11) is 0. The number of hydrogen-bond acceptors (Lipinski definition) is 1. The average molecular weight is 220 g/mol. The summed E-state index contributed by atoms with van der Waals surface area (Å²) in [6.45, 7) is 4.79. The van der Waals surface area contributed by atoms with Crippen LogP contribution in [-0.2, 0) is 5.41 Å². The van der Waals surface area contributed by atoms with E-state index >= 15 is 0 Å². The van der Waals surface area contributed by atoms with Crippen LogP contribution in [0.4, 0.5) is 4.39 Å². The van der Waals surface area contributed by atoms with Gasteiger partial charge in [-0.05, 0) is 45.2 Å². The van der Waals surface area contributed by atoms with Crippen LogP contribution in [0.2, 0.25) is 0 Å². The molecule has 1 aliphatic rings. The number of rotatable bonds is 3. The summed E-state index contributed by atoms with van der Waals surface area (Å²) in [4.78, 5) is 11.3. The molecule has 2 rings (SSSR count). The molecule has 1 saturated carbocycles. The summed E-state index contributed by atoms with van der Waals surface area (Å²) in [5.74, 6) is 0.0364. The Hall–Kier alpha value is -1.18. The van der Waals surface area contributed by atoms with Gasteiger partial charge in [-0.2, -0.15) is 0 Å². The largest absolute Gasteiger partial charge is 0.295 e. The van der Waals surface area contributed by atoms with Crippen molar-refractivity contribution in [1.29, 1.82) is 0 Å². The van der Waals surface area contributed by atoms with Gasteiger partial charge in [-0.1, -0.05) is 18.2 Å². The van der Waals surface area contributed by atoms with E-state index in [0.29, 0.717) is 5.56 Å². The highest BCUT2D eigenvalue weighted by molar-refractivity contribution is 5.94. The molecule has 1 aromatic rings. The van der Waals surface area contributed by atoms with Crippen molar-refractivity contribution in [3.8, 4) is 0 Å². The lowest BCUT2D eigenvalue weighted by Crippen LogP contribution is -2.31. The highest BCUT2D eigenvalue weighted by Crippen LogP contribution is 2.57. The average Bonchev–Trinajstić information content (AvgIpc) is 2.97. The third kappa shape index (κ3) is 1.66. The van der Waals surface area contributed by atoms with Crippen molar-refractivity contribution in [2.24, 2.45) is 0 Å². The molecule has 1 aliphatic carbocycles. The Labute approximate surface area is 95.7 Å². The predicted molar refractivity (Wildman–Crippen MR) is 62.5 cm³/mol. The van der Waals surface area contributed by atoms with Gasteiger partial charge in [-0.25, -0.2) is 4.39 Å². The number of hydrogen-bond donors (Lipinski definition) is 0. The first-order chi connectivity index (χ1) is 7.37. The van der Waals surface area contributed by atoms with Crippen molar-refractivity contribution < 1.29 is 9.18 Å². The van der Waals surface area contributed by atoms with Crippen LogP contribution in [0.1, 0.15) is 49.5 Å². The van der Waals surface area contributed by atoms with Crippen molar-refractivity contribution in [3.05, 3.63) is 35.4 Å². The molecule has 16 heavy (non-hydrogen) atoms. The first-order valence-electron chi connectivity index (χ1n) is 5.67. The maximum Gasteiger partial charge on any atom is 0.159 e. The standard InChI is InChI=1S/C14H17FO/c1-10(16)11-5-4-6-12(9-11)14(7-8-14)13(2,3)15/h4-6,9H,7-8H2,1-3H3. The zero-order chi connectivity index (χ0) is 12.0. The van der Waals surface area contributed by atoms with E-state index in [9.17, 15) is 9.18 Å². The van der Waals surface area contributed by atoms with Crippen molar-refractivity contribution in [1.82, 2.24) is 0 Å². The molecular formula is C14H17FO. The molecule has 1 fully saturated rings. The fourth-order valence-corrected chi connectivity index (χ4v) is 2.39. The summed E-state index contributed by atoms with van der Waals surface area (Å²) >= 11 is 0. The van der Waals surface area contributed by atoms with Gasteiger partial charge in [0.1, 0.15) is 5.67 Å². The van der Waals surface area contributed by atoms with Crippen molar-refractivity contribution in [2.45, 2.75) is 44.7 Å². The topological polar surface area (TPSA) is 17.1 Å². The number of ketones is 1. The maximum atomic E-state index is 14.2. The molecule has 86 valence electrons. The fourth-order valence-electron chi connectivity index (χ4n) is 2.39. The lowest BCUT2D eigenvalue weighted by Gasteiger charge is -2.27. The molecule has 0 saturated heterocycles. The number of carbonyl (C=O) groups excluding carboxylic acids is 1. The lowest BCUT2D eigenvalue weighted by molar-refractivity contribution is 0.101. The molecule has 0 heterocycles. The Morgan fingerprint density at radius 1 is 1.38 bits per heavy atom. The van der Waals surface area contributed by atoms with Gasteiger partial charge >= 0.3 is 0 Å². The molecule has 0 unspecified atom stereocenters. The third-order valence-electron chi connectivity index (χ3n) is 3.71. The molecule has 1 nitrogen and oxygen atoms in total. The van der Waals surface area contributed by atoms with Crippen molar-refractivity contribution in [3.63, 3.8) is 0 Å². The Bertz CT molecular complexity index is 425. The molecule has 0 spiro atoms. The molecule has 0 aliphatic heterocycles. The van der Waals surface area contributed by atoms with Crippen LogP contribution in [0.15, 0.2) is 24.3 Å². The van der Waals surface area contributed by atoms with Gasteiger partial charge in [0.05, 0.1) is 0 Å². The number of alkyl halides is 1. The second kappa shape index (κ2) is 3.41. The molecular weight excluding hydrogens is 203 g/mol. The number of carbonyl (C=O) groups is 1. The van der Waals surface area contributed by atoms with Gasteiger partial charge in [-0.15, -0.1) is 0 Å². The summed E-state index contributed by atoms with van der Waals surface area (Å²) < 4.78 is 14.2. The van der Waals surface area contributed by atoms with E-state index in [-0.39, 0.29) is 11.2 Å². The lowest BCUT2D eigenvalue weighted by atomic mass is 9.82. The Balaban J connectivity index is 2.42. The maximum absolute atomic E-state index is 14.2. The third-order valence-corrected chi connectivity index (χ3v) is 3.71. The van der Waals surface area contributed by atoms with E-state index < -0.39 is 5.67 Å². The van der Waals surface area contributed by atoms with E-state index in [1.807, 2.05) is 18.2 Å². The molecule has 0 aromatic heterocycles. The predicted octanol–water partition coefficient (Wildman–Crippen LogP) is 3.67. The monoisotopic (exact) mass is 220 g/mol. The van der Waals surface area contributed by atoms with Crippen molar-refractivity contribution in [2.75, 3.05) is 0 Å². The molecule has 0 amide bonds. The van der Waals surface area contributed by atoms with Crippen LogP contribution in [-0.4, -0.2) is 11.5 Å². The van der Waals surface area contributed by atoms with Crippen LogP contribution in [0.5, 0.6) is 0 Å². The zero-order valence-electron chi connectivity index (χ0n) is 10.0. The van der Waals surface area contributed by atoms with Gasteiger partial charge in [0, 0.05) is 11.0 Å². The Morgan fingerprint density at radius 3 is 2.44 bits per heavy atom. The number of Topliss-reactive ketones (excluding diaryl/α,β-unsaturated/α-hetero) is 1. The van der Waals surface area contributed by atoms with Crippen LogP contribution in [0.25, 0.3) is 0 Å². The van der Waals surface area contributed by atoms with E-state index in [1.165, 1.54) is 0 Å². The van der Waals surface area contributed by atoms with Gasteiger partial charge in [-0.3, -0.25) is 4.79 Å². The molecule has 0 atom stereocenters. The Kier molecular flexibility index (Phi) is 2.41. The van der Waals surface area contributed by atoms with Crippen LogP contribution < -0.4 is 0 Å². The summed E-state index contributed by atoms with van der Waals surface area (Å²) in [6, 6.07) is 7.41. The zero-order valence-corrected chi connectivity index (χ0v) is 10.0. The fraction of sp³-hybridized carbons (Fsp3) is 0.500. The van der Waals surface area contributed by atoms with Crippen molar-refractivity contribution >= 4 is 5.78 Å². The normalized spacial score (nSPS) is 18.2. The Morgan fingerprint density at radius 2 is 2.00 bits per heavy atom. The molecule has 0 N–H and O–H groups in total. The van der Waals surface area contributed by atoms with Gasteiger partial charge in [0.2, 0.25) is 0 Å². The van der Waals surface area contributed by atoms with E-state index in [1.54, 1.807) is 26.8 Å². The van der Waals surface area contributed by atoms with Crippen LogP contribution in [0, 0.1) is 0 Å². The number of halogens is 1. The SMILES string of the molecule is CC(=O)c1cccc(C2(C(C)(C)F)CC2)c1.